The molecule has 0 unspecified atom stereocenters. The molecule has 0 aromatic carbocycles. The van der Waals surface area contributed by atoms with Crippen LogP contribution in [0.2, 0.25) is 0 Å². The van der Waals surface area contributed by atoms with E-state index in [0.29, 0.717) is 12.8 Å². The number of aliphatic hydroxyl groups is 1. The van der Waals surface area contributed by atoms with Gasteiger partial charge in [0, 0.05) is 14.2 Å². The minimum absolute atomic E-state index is 0.516. The second kappa shape index (κ2) is 4.70. The maximum Gasteiger partial charge on any atom is 0.185 e. The third-order valence-electron chi connectivity index (χ3n) is 2.09. The Morgan fingerprint density at radius 2 is 1.55 bits per heavy atom. The molecular formula is C8H18O3. The van der Waals surface area contributed by atoms with Gasteiger partial charge in [0.2, 0.25) is 0 Å². The molecule has 0 radical (unpaired) electrons. The molecule has 0 aliphatic carbocycles. The first-order chi connectivity index (χ1) is 5.14. The zero-order chi connectivity index (χ0) is 8.91. The van der Waals surface area contributed by atoms with E-state index < -0.39 is 11.9 Å². The van der Waals surface area contributed by atoms with Gasteiger partial charge in [-0.15, -0.1) is 0 Å². The quantitative estimate of drug-likeness (QED) is 0.616. The van der Waals surface area contributed by atoms with Crippen molar-refractivity contribution >= 4 is 0 Å². The second-order valence-electron chi connectivity index (χ2n) is 2.61. The lowest BCUT2D eigenvalue weighted by Crippen LogP contribution is -2.43. The van der Waals surface area contributed by atoms with Crippen LogP contribution in [0.3, 0.4) is 0 Å². The summed E-state index contributed by atoms with van der Waals surface area (Å²) in [4.78, 5) is 0. The van der Waals surface area contributed by atoms with Gasteiger partial charge in [-0.25, -0.2) is 0 Å². The number of ether oxygens (including phenoxy) is 2. The van der Waals surface area contributed by atoms with E-state index in [9.17, 15) is 5.11 Å². The molecule has 1 N–H and O–H groups in total. The van der Waals surface area contributed by atoms with Gasteiger partial charge in [-0.1, -0.05) is 13.8 Å². The first-order valence-electron chi connectivity index (χ1n) is 3.92. The van der Waals surface area contributed by atoms with Gasteiger partial charge in [0.1, 0.15) is 5.60 Å². The Morgan fingerprint density at radius 3 is 1.64 bits per heavy atom. The molecule has 0 fully saturated rings. The molecule has 11 heavy (non-hydrogen) atoms. The summed E-state index contributed by atoms with van der Waals surface area (Å²) in [7, 11) is 3.06. The predicted octanol–water partition coefficient (Wildman–Crippen LogP) is 1.16. The Balaban J connectivity index is 4.19. The van der Waals surface area contributed by atoms with Crippen LogP contribution in [0.1, 0.15) is 26.7 Å². The van der Waals surface area contributed by atoms with E-state index >= 15 is 0 Å². The van der Waals surface area contributed by atoms with Crippen LogP contribution in [0.5, 0.6) is 0 Å². The Kier molecular flexibility index (Phi) is 4.65. The number of rotatable bonds is 5. The van der Waals surface area contributed by atoms with Crippen LogP contribution in [0.4, 0.5) is 0 Å². The molecule has 0 bridgehead atoms. The molecule has 0 aliphatic rings. The number of hydrogen-bond acceptors (Lipinski definition) is 3. The Bertz CT molecular complexity index is 95.5. The van der Waals surface area contributed by atoms with E-state index in [1.807, 2.05) is 13.8 Å². The molecule has 0 aliphatic heterocycles. The van der Waals surface area contributed by atoms with Gasteiger partial charge in [-0.3, -0.25) is 0 Å². The summed E-state index contributed by atoms with van der Waals surface area (Å²) in [5.74, 6) is 0. The monoisotopic (exact) mass is 162 g/mol. The van der Waals surface area contributed by atoms with Crippen LogP contribution < -0.4 is 0 Å². The highest BCUT2D eigenvalue weighted by Crippen LogP contribution is 2.21. The van der Waals surface area contributed by atoms with Gasteiger partial charge in [-0.2, -0.15) is 0 Å². The summed E-state index contributed by atoms with van der Waals surface area (Å²) in [6.07, 6.45) is 0.753. The number of methoxy groups -OCH3 is 2. The number of hydrogen-bond donors (Lipinski definition) is 1. The minimum atomic E-state index is -0.844. The summed E-state index contributed by atoms with van der Waals surface area (Å²) in [5.41, 5.74) is -0.844. The van der Waals surface area contributed by atoms with Crippen molar-refractivity contribution in [3.8, 4) is 0 Å². The first kappa shape index (κ1) is 10.9. The van der Waals surface area contributed by atoms with Gasteiger partial charge in [0.15, 0.2) is 6.29 Å². The fraction of sp³-hybridized carbons (Fsp3) is 1.00. The van der Waals surface area contributed by atoms with E-state index in [1.165, 1.54) is 14.2 Å². The largest absolute Gasteiger partial charge is 0.385 e. The molecule has 0 atom stereocenters. The molecule has 0 aromatic rings. The molecule has 0 heterocycles. The van der Waals surface area contributed by atoms with Gasteiger partial charge >= 0.3 is 0 Å². The fourth-order valence-electron chi connectivity index (χ4n) is 1.12. The topological polar surface area (TPSA) is 38.7 Å². The zero-order valence-electron chi connectivity index (χ0n) is 7.76. The van der Waals surface area contributed by atoms with Crippen molar-refractivity contribution in [2.45, 2.75) is 38.6 Å². The summed E-state index contributed by atoms with van der Waals surface area (Å²) >= 11 is 0. The van der Waals surface area contributed by atoms with Crippen molar-refractivity contribution in [2.24, 2.45) is 0 Å². The molecule has 3 heteroatoms. The van der Waals surface area contributed by atoms with E-state index in [1.54, 1.807) is 0 Å². The van der Waals surface area contributed by atoms with Crippen LogP contribution >= 0.6 is 0 Å². The van der Waals surface area contributed by atoms with E-state index in [2.05, 4.69) is 0 Å². The first-order valence-corrected chi connectivity index (χ1v) is 3.92. The normalized spacial score (nSPS) is 12.5. The molecule has 0 aromatic heterocycles. The van der Waals surface area contributed by atoms with Gasteiger partial charge < -0.3 is 14.6 Å². The van der Waals surface area contributed by atoms with Gasteiger partial charge in [-0.05, 0) is 12.8 Å². The molecule has 0 spiro atoms. The molecule has 3 nitrogen and oxygen atoms in total. The van der Waals surface area contributed by atoms with E-state index in [4.69, 9.17) is 9.47 Å². The molecule has 0 rings (SSSR count). The molecular weight excluding hydrogens is 144 g/mol. The highest BCUT2D eigenvalue weighted by Gasteiger charge is 2.33. The summed E-state index contributed by atoms with van der Waals surface area (Å²) < 4.78 is 9.95. The summed E-state index contributed by atoms with van der Waals surface area (Å²) in [5, 5.41) is 9.84. The molecule has 68 valence electrons. The lowest BCUT2D eigenvalue weighted by Gasteiger charge is -2.31. The Labute approximate surface area is 68.3 Å². The van der Waals surface area contributed by atoms with Crippen LogP contribution in [-0.2, 0) is 9.47 Å². The zero-order valence-corrected chi connectivity index (χ0v) is 7.76. The summed E-state index contributed by atoms with van der Waals surface area (Å²) in [6.45, 7) is 3.82. The van der Waals surface area contributed by atoms with Crippen LogP contribution in [0, 0.1) is 0 Å². The van der Waals surface area contributed by atoms with Crippen LogP contribution in [-0.4, -0.2) is 31.2 Å². The lowest BCUT2D eigenvalue weighted by molar-refractivity contribution is -0.217. The highest BCUT2D eigenvalue weighted by molar-refractivity contribution is 4.78. The van der Waals surface area contributed by atoms with Gasteiger partial charge in [0.25, 0.3) is 0 Å². The van der Waals surface area contributed by atoms with Crippen molar-refractivity contribution in [1.29, 1.82) is 0 Å². The van der Waals surface area contributed by atoms with Crippen molar-refractivity contribution in [2.75, 3.05) is 14.2 Å². The van der Waals surface area contributed by atoms with Crippen molar-refractivity contribution in [3.63, 3.8) is 0 Å². The molecule has 0 saturated carbocycles. The second-order valence-corrected chi connectivity index (χ2v) is 2.61. The van der Waals surface area contributed by atoms with Crippen molar-refractivity contribution < 1.29 is 14.6 Å². The van der Waals surface area contributed by atoms with Crippen molar-refractivity contribution in [1.82, 2.24) is 0 Å². The molecule has 0 amide bonds. The van der Waals surface area contributed by atoms with E-state index in [0.717, 1.165) is 0 Å². The standard InChI is InChI=1S/C8H18O3/c1-5-8(9,6-2)7(10-3)11-4/h7,9H,5-6H2,1-4H3. The fourth-order valence-corrected chi connectivity index (χ4v) is 1.12. The maximum atomic E-state index is 9.84. The summed E-state index contributed by atoms with van der Waals surface area (Å²) in [6, 6.07) is 0. The smallest absolute Gasteiger partial charge is 0.185 e. The highest BCUT2D eigenvalue weighted by atomic mass is 16.7. The van der Waals surface area contributed by atoms with Crippen molar-refractivity contribution in [3.05, 3.63) is 0 Å². The lowest BCUT2D eigenvalue weighted by atomic mass is 9.97. The van der Waals surface area contributed by atoms with E-state index in [-0.39, 0.29) is 0 Å². The average Bonchev–Trinajstić information content (AvgIpc) is 2.06. The van der Waals surface area contributed by atoms with Crippen LogP contribution in [0.25, 0.3) is 0 Å². The third-order valence-corrected chi connectivity index (χ3v) is 2.09. The van der Waals surface area contributed by atoms with Crippen LogP contribution in [0.15, 0.2) is 0 Å². The third kappa shape index (κ3) is 2.43. The minimum Gasteiger partial charge on any atom is -0.385 e. The Hall–Kier alpha value is -0.120. The predicted molar refractivity (Wildman–Crippen MR) is 43.3 cm³/mol. The maximum absolute atomic E-state index is 9.84. The average molecular weight is 162 g/mol. The molecule has 0 saturated heterocycles. The van der Waals surface area contributed by atoms with Gasteiger partial charge in [0.05, 0.1) is 0 Å². The Morgan fingerprint density at radius 1 is 1.18 bits per heavy atom. The SMILES string of the molecule is CCC(O)(CC)C(OC)OC.